The fraction of sp³-hybridized carbons (Fsp3) is 0.412. The van der Waals surface area contributed by atoms with Gasteiger partial charge in [0.2, 0.25) is 0 Å². The third-order valence-corrected chi connectivity index (χ3v) is 5.51. The highest BCUT2D eigenvalue weighted by molar-refractivity contribution is 9.11. The van der Waals surface area contributed by atoms with Crippen LogP contribution < -0.4 is 0 Å². The van der Waals surface area contributed by atoms with E-state index in [1.807, 2.05) is 6.07 Å². The average molecular weight is 413 g/mol. The van der Waals surface area contributed by atoms with Crippen molar-refractivity contribution in [2.45, 2.75) is 39.7 Å². The Balaban J connectivity index is 2.26. The first-order chi connectivity index (χ1) is 9.80. The van der Waals surface area contributed by atoms with Gasteiger partial charge in [0.1, 0.15) is 0 Å². The molecule has 4 heteroatoms. The van der Waals surface area contributed by atoms with Crippen LogP contribution in [0, 0.1) is 12.3 Å². The topological polar surface area (TPSA) is 25.2 Å². The van der Waals surface area contributed by atoms with Gasteiger partial charge in [-0.05, 0) is 75.2 Å². The molecule has 0 aliphatic heterocycles. The van der Waals surface area contributed by atoms with Crippen LogP contribution in [0.15, 0.2) is 33.2 Å². The first-order valence-corrected chi connectivity index (χ1v) is 8.72. The van der Waals surface area contributed by atoms with Gasteiger partial charge in [0.25, 0.3) is 0 Å². The summed E-state index contributed by atoms with van der Waals surface area (Å²) in [6, 6.07) is 8.25. The summed E-state index contributed by atoms with van der Waals surface area (Å²) in [5.41, 5.74) is 4.69. The Hall–Kier alpha value is -0.580. The SMILES string of the molecule is Cc1cc2c(n1-c1c(Br)cccc1Br)CC(C)(C)CC2O. The van der Waals surface area contributed by atoms with E-state index in [1.165, 1.54) is 5.69 Å². The largest absolute Gasteiger partial charge is 0.388 e. The van der Waals surface area contributed by atoms with E-state index in [-0.39, 0.29) is 11.5 Å². The zero-order chi connectivity index (χ0) is 15.4. The molecule has 1 aromatic heterocycles. The lowest BCUT2D eigenvalue weighted by atomic mass is 9.75. The number of para-hydroxylation sites is 1. The van der Waals surface area contributed by atoms with E-state index in [2.05, 4.69) is 75.4 Å². The molecule has 1 atom stereocenters. The number of rotatable bonds is 1. The first kappa shape index (κ1) is 15.3. The van der Waals surface area contributed by atoms with Crippen LogP contribution in [0.2, 0.25) is 0 Å². The molecule has 1 heterocycles. The number of hydrogen-bond donors (Lipinski definition) is 1. The van der Waals surface area contributed by atoms with Crippen molar-refractivity contribution < 1.29 is 5.11 Å². The number of hydrogen-bond acceptors (Lipinski definition) is 1. The van der Waals surface area contributed by atoms with Gasteiger partial charge in [0.15, 0.2) is 0 Å². The number of aryl methyl sites for hydroxylation is 1. The summed E-state index contributed by atoms with van der Waals surface area (Å²) in [4.78, 5) is 0. The summed E-state index contributed by atoms with van der Waals surface area (Å²) in [7, 11) is 0. The van der Waals surface area contributed by atoms with E-state index in [1.54, 1.807) is 0 Å². The number of aliphatic hydroxyl groups is 1. The Labute approximate surface area is 142 Å². The fourth-order valence-corrected chi connectivity index (χ4v) is 4.71. The van der Waals surface area contributed by atoms with Crippen molar-refractivity contribution >= 4 is 31.9 Å². The molecule has 1 unspecified atom stereocenters. The van der Waals surface area contributed by atoms with Crippen LogP contribution in [0.3, 0.4) is 0 Å². The van der Waals surface area contributed by atoms with Crippen molar-refractivity contribution in [1.82, 2.24) is 4.57 Å². The quantitative estimate of drug-likeness (QED) is 0.673. The van der Waals surface area contributed by atoms with E-state index in [9.17, 15) is 5.11 Å². The molecule has 1 aromatic carbocycles. The van der Waals surface area contributed by atoms with Crippen molar-refractivity contribution in [2.75, 3.05) is 0 Å². The van der Waals surface area contributed by atoms with Crippen molar-refractivity contribution in [2.24, 2.45) is 5.41 Å². The van der Waals surface area contributed by atoms with Crippen LogP contribution in [0.4, 0.5) is 0 Å². The fourth-order valence-electron chi connectivity index (χ4n) is 3.36. The summed E-state index contributed by atoms with van der Waals surface area (Å²) in [5.74, 6) is 0. The maximum absolute atomic E-state index is 10.5. The van der Waals surface area contributed by atoms with Gasteiger partial charge in [0, 0.05) is 25.9 Å². The summed E-state index contributed by atoms with van der Waals surface area (Å²) < 4.78 is 4.38. The smallest absolute Gasteiger partial charge is 0.0812 e. The lowest BCUT2D eigenvalue weighted by Crippen LogP contribution is -2.26. The van der Waals surface area contributed by atoms with Crippen LogP contribution >= 0.6 is 31.9 Å². The van der Waals surface area contributed by atoms with Gasteiger partial charge in [-0.3, -0.25) is 0 Å². The zero-order valence-electron chi connectivity index (χ0n) is 12.5. The second kappa shape index (κ2) is 5.25. The molecule has 0 amide bonds. The van der Waals surface area contributed by atoms with Crippen molar-refractivity contribution in [3.05, 3.63) is 50.2 Å². The lowest BCUT2D eigenvalue weighted by molar-refractivity contribution is 0.0987. The highest BCUT2D eigenvalue weighted by Crippen LogP contribution is 2.44. The first-order valence-electron chi connectivity index (χ1n) is 7.14. The lowest BCUT2D eigenvalue weighted by Gasteiger charge is -2.34. The molecule has 1 aliphatic rings. The number of benzene rings is 1. The number of halogens is 2. The van der Waals surface area contributed by atoms with Gasteiger partial charge < -0.3 is 9.67 Å². The maximum atomic E-state index is 10.5. The Morgan fingerprint density at radius 3 is 2.48 bits per heavy atom. The molecule has 112 valence electrons. The number of aromatic nitrogens is 1. The van der Waals surface area contributed by atoms with Crippen molar-refractivity contribution in [3.63, 3.8) is 0 Å². The number of aliphatic hydroxyl groups excluding tert-OH is 1. The number of nitrogens with zero attached hydrogens (tertiary/aromatic N) is 1. The summed E-state index contributed by atoms with van der Waals surface area (Å²) in [6.07, 6.45) is 1.42. The Bertz CT molecular complexity index is 683. The van der Waals surface area contributed by atoms with Gasteiger partial charge in [-0.1, -0.05) is 19.9 Å². The van der Waals surface area contributed by atoms with Crippen LogP contribution in [-0.2, 0) is 6.42 Å². The Kier molecular flexibility index (Phi) is 3.83. The van der Waals surface area contributed by atoms with Crippen LogP contribution in [0.25, 0.3) is 5.69 Å². The molecule has 2 nitrogen and oxygen atoms in total. The second-order valence-corrected chi connectivity index (χ2v) is 8.36. The Morgan fingerprint density at radius 1 is 1.24 bits per heavy atom. The highest BCUT2D eigenvalue weighted by Gasteiger charge is 2.34. The predicted molar refractivity (Wildman–Crippen MR) is 93.0 cm³/mol. The van der Waals surface area contributed by atoms with Gasteiger partial charge in [-0.15, -0.1) is 0 Å². The van der Waals surface area contributed by atoms with Gasteiger partial charge in [-0.25, -0.2) is 0 Å². The summed E-state index contributed by atoms with van der Waals surface area (Å²) in [6.45, 7) is 6.55. The van der Waals surface area contributed by atoms with Crippen LogP contribution in [-0.4, -0.2) is 9.67 Å². The number of fused-ring (bicyclic) bond motifs is 1. The second-order valence-electron chi connectivity index (χ2n) is 6.65. The van der Waals surface area contributed by atoms with E-state index < -0.39 is 0 Å². The molecular formula is C17H19Br2NO. The minimum absolute atomic E-state index is 0.114. The third-order valence-electron chi connectivity index (χ3n) is 4.23. The highest BCUT2D eigenvalue weighted by atomic mass is 79.9. The van der Waals surface area contributed by atoms with E-state index >= 15 is 0 Å². The molecule has 21 heavy (non-hydrogen) atoms. The van der Waals surface area contributed by atoms with Crippen LogP contribution in [0.1, 0.15) is 43.3 Å². The maximum Gasteiger partial charge on any atom is 0.0812 e. The molecule has 2 aromatic rings. The van der Waals surface area contributed by atoms with Crippen LogP contribution in [0.5, 0.6) is 0 Å². The van der Waals surface area contributed by atoms with Crippen molar-refractivity contribution in [3.8, 4) is 5.69 Å². The third kappa shape index (κ3) is 2.62. The molecule has 0 radical (unpaired) electrons. The molecular weight excluding hydrogens is 394 g/mol. The monoisotopic (exact) mass is 411 g/mol. The minimum Gasteiger partial charge on any atom is -0.388 e. The van der Waals surface area contributed by atoms with E-state index in [0.29, 0.717) is 0 Å². The molecule has 0 fully saturated rings. The normalized spacial score (nSPS) is 20.4. The molecule has 0 bridgehead atoms. The van der Waals surface area contributed by atoms with Crippen molar-refractivity contribution in [1.29, 1.82) is 0 Å². The average Bonchev–Trinajstić information content (AvgIpc) is 2.66. The molecule has 1 aliphatic carbocycles. The minimum atomic E-state index is -0.370. The molecule has 1 N–H and O–H groups in total. The molecule has 0 saturated heterocycles. The summed E-state index contributed by atoms with van der Waals surface area (Å²) in [5, 5.41) is 10.5. The predicted octanol–water partition coefficient (Wildman–Crippen LogP) is 5.32. The van der Waals surface area contributed by atoms with E-state index in [4.69, 9.17) is 0 Å². The molecule has 0 spiro atoms. The molecule has 3 rings (SSSR count). The van der Waals surface area contributed by atoms with Gasteiger partial charge in [-0.2, -0.15) is 0 Å². The van der Waals surface area contributed by atoms with Gasteiger partial charge in [0.05, 0.1) is 11.8 Å². The van der Waals surface area contributed by atoms with Gasteiger partial charge >= 0.3 is 0 Å². The zero-order valence-corrected chi connectivity index (χ0v) is 15.6. The summed E-state index contributed by atoms with van der Waals surface area (Å²) >= 11 is 7.32. The Morgan fingerprint density at radius 2 is 1.86 bits per heavy atom. The van der Waals surface area contributed by atoms with E-state index in [0.717, 1.165) is 38.7 Å². The molecule has 0 saturated carbocycles. The standard InChI is InChI=1S/C17H19Br2NO/c1-10-7-11-14(8-17(2,3)9-15(11)21)20(10)16-12(18)5-4-6-13(16)19/h4-7,15,21H,8-9H2,1-3H3.